The summed E-state index contributed by atoms with van der Waals surface area (Å²) in [5.74, 6) is 0. The van der Waals surface area contributed by atoms with Gasteiger partial charge in [0.15, 0.2) is 0 Å². The predicted molar refractivity (Wildman–Crippen MR) is 61.0 cm³/mol. The number of ether oxygens (including phenoxy) is 1. The topological polar surface area (TPSA) is 58.6 Å². The Kier molecular flexibility index (Phi) is 4.31. The van der Waals surface area contributed by atoms with Crippen molar-refractivity contribution in [3.05, 3.63) is 35.9 Å². The van der Waals surface area contributed by atoms with Gasteiger partial charge < -0.3 is 15.2 Å². The number of rotatable bonds is 4. The zero-order valence-electron chi connectivity index (χ0n) is 9.56. The fourth-order valence-electron chi connectivity index (χ4n) is 1.33. The molecule has 0 fully saturated rings. The molecule has 2 N–H and O–H groups in total. The Bertz CT molecular complexity index is 335. The van der Waals surface area contributed by atoms with E-state index in [2.05, 4.69) is 5.32 Å². The molecule has 1 aromatic carbocycles. The number of benzene rings is 1. The minimum atomic E-state index is -1.09. The monoisotopic (exact) mass is 223 g/mol. The van der Waals surface area contributed by atoms with Crippen molar-refractivity contribution >= 4 is 6.09 Å². The zero-order valence-corrected chi connectivity index (χ0v) is 9.56. The molecule has 0 saturated carbocycles. The molecule has 4 nitrogen and oxygen atoms in total. The number of nitrogens with one attached hydrogen (secondary N) is 1. The molecule has 0 radical (unpaired) electrons. The first-order chi connectivity index (χ1) is 7.56. The Hall–Kier alpha value is -1.55. The average molecular weight is 223 g/mol. The van der Waals surface area contributed by atoms with Crippen molar-refractivity contribution in [1.82, 2.24) is 5.32 Å². The van der Waals surface area contributed by atoms with Crippen LogP contribution in [-0.2, 0) is 10.3 Å². The quantitative estimate of drug-likeness (QED) is 0.815. The van der Waals surface area contributed by atoms with Crippen LogP contribution < -0.4 is 5.32 Å². The average Bonchev–Trinajstić information content (AvgIpc) is 2.28. The van der Waals surface area contributed by atoms with Gasteiger partial charge in [0.25, 0.3) is 0 Å². The molecule has 1 aromatic rings. The second kappa shape index (κ2) is 5.51. The second-order valence-corrected chi connectivity index (χ2v) is 3.71. The number of hydrogen-bond donors (Lipinski definition) is 2. The molecule has 1 rings (SSSR count). The lowest BCUT2D eigenvalue weighted by molar-refractivity contribution is 0.0540. The molecule has 0 aliphatic heterocycles. The van der Waals surface area contributed by atoms with E-state index in [-0.39, 0.29) is 6.54 Å². The van der Waals surface area contributed by atoms with Gasteiger partial charge in [-0.2, -0.15) is 0 Å². The van der Waals surface area contributed by atoms with E-state index in [9.17, 15) is 9.90 Å². The van der Waals surface area contributed by atoms with Crippen molar-refractivity contribution in [3.8, 4) is 0 Å². The summed E-state index contributed by atoms with van der Waals surface area (Å²) in [5, 5.41) is 12.6. The molecule has 4 heteroatoms. The first-order valence-electron chi connectivity index (χ1n) is 5.25. The number of alkyl carbamates (subject to hydrolysis) is 1. The molecule has 0 aromatic heterocycles. The van der Waals surface area contributed by atoms with E-state index in [0.717, 1.165) is 5.56 Å². The molecule has 1 atom stereocenters. The van der Waals surface area contributed by atoms with Crippen molar-refractivity contribution in [1.29, 1.82) is 0 Å². The fraction of sp³-hybridized carbons (Fsp3) is 0.417. The van der Waals surface area contributed by atoms with E-state index in [0.29, 0.717) is 6.61 Å². The largest absolute Gasteiger partial charge is 0.450 e. The van der Waals surface area contributed by atoms with Gasteiger partial charge in [0.2, 0.25) is 0 Å². The summed E-state index contributed by atoms with van der Waals surface area (Å²) in [5.41, 5.74) is -0.333. The number of aliphatic hydroxyl groups is 1. The van der Waals surface area contributed by atoms with Crippen LogP contribution in [0.3, 0.4) is 0 Å². The van der Waals surface area contributed by atoms with Crippen LogP contribution >= 0.6 is 0 Å². The number of carbonyl (C=O) groups is 1. The lowest BCUT2D eigenvalue weighted by Crippen LogP contribution is -2.38. The first-order valence-corrected chi connectivity index (χ1v) is 5.25. The highest BCUT2D eigenvalue weighted by molar-refractivity contribution is 5.67. The summed E-state index contributed by atoms with van der Waals surface area (Å²) < 4.78 is 4.71. The third-order valence-corrected chi connectivity index (χ3v) is 2.25. The van der Waals surface area contributed by atoms with Crippen molar-refractivity contribution < 1.29 is 14.6 Å². The van der Waals surface area contributed by atoms with Crippen LogP contribution in [0.1, 0.15) is 19.4 Å². The molecule has 0 spiro atoms. The van der Waals surface area contributed by atoms with Crippen LogP contribution in [0.25, 0.3) is 0 Å². The maximum atomic E-state index is 11.1. The molecule has 88 valence electrons. The maximum absolute atomic E-state index is 11.1. The lowest BCUT2D eigenvalue weighted by Gasteiger charge is -2.23. The van der Waals surface area contributed by atoms with Crippen molar-refractivity contribution in [2.24, 2.45) is 0 Å². The van der Waals surface area contributed by atoms with E-state index < -0.39 is 11.7 Å². The highest BCUT2D eigenvalue weighted by atomic mass is 16.5. The van der Waals surface area contributed by atoms with Gasteiger partial charge in [0, 0.05) is 0 Å². The molecule has 0 aliphatic carbocycles. The highest BCUT2D eigenvalue weighted by Gasteiger charge is 2.23. The van der Waals surface area contributed by atoms with Gasteiger partial charge in [-0.1, -0.05) is 30.3 Å². The van der Waals surface area contributed by atoms with E-state index in [4.69, 9.17) is 4.74 Å². The van der Waals surface area contributed by atoms with Crippen molar-refractivity contribution in [2.75, 3.05) is 13.2 Å². The highest BCUT2D eigenvalue weighted by Crippen LogP contribution is 2.18. The normalized spacial score (nSPS) is 13.9. The zero-order chi connectivity index (χ0) is 12.0. The van der Waals surface area contributed by atoms with Crippen LogP contribution in [0.15, 0.2) is 30.3 Å². The summed E-state index contributed by atoms with van der Waals surface area (Å²) in [7, 11) is 0. The minimum Gasteiger partial charge on any atom is -0.450 e. The van der Waals surface area contributed by atoms with E-state index in [1.54, 1.807) is 13.8 Å². The van der Waals surface area contributed by atoms with Gasteiger partial charge in [-0.15, -0.1) is 0 Å². The van der Waals surface area contributed by atoms with Crippen molar-refractivity contribution in [3.63, 3.8) is 0 Å². The van der Waals surface area contributed by atoms with Gasteiger partial charge in [-0.25, -0.2) is 4.79 Å². The SMILES string of the molecule is CCOC(=O)NCC(C)(O)c1ccccc1. The Morgan fingerprint density at radius 1 is 1.44 bits per heavy atom. The Balaban J connectivity index is 2.55. The van der Waals surface area contributed by atoms with E-state index >= 15 is 0 Å². The molecular weight excluding hydrogens is 206 g/mol. The molecular formula is C12H17NO3. The minimum absolute atomic E-state index is 0.121. The summed E-state index contributed by atoms with van der Waals surface area (Å²) in [6.45, 7) is 3.82. The Morgan fingerprint density at radius 3 is 2.62 bits per heavy atom. The standard InChI is InChI=1S/C12H17NO3/c1-3-16-11(14)13-9-12(2,15)10-7-5-4-6-8-10/h4-8,15H,3,9H2,1-2H3,(H,13,14). The van der Waals surface area contributed by atoms with E-state index in [1.807, 2.05) is 30.3 Å². The molecule has 1 amide bonds. The first kappa shape index (κ1) is 12.5. The van der Waals surface area contributed by atoms with Gasteiger partial charge in [0.05, 0.1) is 13.2 Å². The van der Waals surface area contributed by atoms with Crippen LogP contribution in [0.4, 0.5) is 4.79 Å². The fourth-order valence-corrected chi connectivity index (χ4v) is 1.33. The van der Waals surface area contributed by atoms with Crippen LogP contribution in [0, 0.1) is 0 Å². The molecule has 0 aliphatic rings. The molecule has 0 bridgehead atoms. The van der Waals surface area contributed by atoms with Crippen molar-refractivity contribution in [2.45, 2.75) is 19.4 Å². The van der Waals surface area contributed by atoms with Gasteiger partial charge >= 0.3 is 6.09 Å². The Labute approximate surface area is 95.2 Å². The van der Waals surface area contributed by atoms with Crippen LogP contribution in [0.5, 0.6) is 0 Å². The molecule has 0 saturated heterocycles. The second-order valence-electron chi connectivity index (χ2n) is 3.71. The van der Waals surface area contributed by atoms with Gasteiger partial charge in [0.1, 0.15) is 5.60 Å². The number of hydrogen-bond acceptors (Lipinski definition) is 3. The van der Waals surface area contributed by atoms with Gasteiger partial charge in [-0.3, -0.25) is 0 Å². The van der Waals surface area contributed by atoms with Gasteiger partial charge in [-0.05, 0) is 19.4 Å². The molecule has 16 heavy (non-hydrogen) atoms. The Morgan fingerprint density at radius 2 is 2.06 bits per heavy atom. The summed E-state index contributed by atoms with van der Waals surface area (Å²) >= 11 is 0. The number of amides is 1. The summed E-state index contributed by atoms with van der Waals surface area (Å²) in [4.78, 5) is 11.1. The smallest absolute Gasteiger partial charge is 0.407 e. The molecule has 1 unspecified atom stereocenters. The van der Waals surface area contributed by atoms with Crippen LogP contribution in [-0.4, -0.2) is 24.4 Å². The third-order valence-electron chi connectivity index (χ3n) is 2.25. The third kappa shape index (κ3) is 3.55. The number of carbonyl (C=O) groups excluding carboxylic acids is 1. The summed E-state index contributed by atoms with van der Waals surface area (Å²) in [6, 6.07) is 9.18. The van der Waals surface area contributed by atoms with Crippen LogP contribution in [0.2, 0.25) is 0 Å². The maximum Gasteiger partial charge on any atom is 0.407 e. The van der Waals surface area contributed by atoms with E-state index in [1.165, 1.54) is 0 Å². The molecule has 0 heterocycles. The predicted octanol–water partition coefficient (Wildman–Crippen LogP) is 1.64. The lowest BCUT2D eigenvalue weighted by atomic mass is 9.96. The summed E-state index contributed by atoms with van der Waals surface area (Å²) in [6.07, 6.45) is -0.515.